The first-order valence-corrected chi connectivity index (χ1v) is 11.6. The van der Waals surface area contributed by atoms with Crippen molar-refractivity contribution in [1.82, 2.24) is 24.3 Å². The maximum absolute atomic E-state index is 13.6. The van der Waals surface area contributed by atoms with Gasteiger partial charge in [0, 0.05) is 36.3 Å². The Bertz CT molecular complexity index is 1330. The summed E-state index contributed by atoms with van der Waals surface area (Å²) in [5.74, 6) is -0.433. The summed E-state index contributed by atoms with van der Waals surface area (Å²) >= 11 is 0. The number of nitrogens with zero attached hydrogens (tertiary/aromatic N) is 4. The molecule has 4 aromatic rings. The fourth-order valence-corrected chi connectivity index (χ4v) is 6.15. The third kappa shape index (κ3) is 3.64. The van der Waals surface area contributed by atoms with E-state index in [0.29, 0.717) is 13.1 Å². The Morgan fingerprint density at radius 2 is 2.03 bits per heavy atom. The van der Waals surface area contributed by atoms with E-state index < -0.39 is 15.8 Å². The number of benzene rings is 2. The second kappa shape index (κ2) is 7.58. The molecule has 1 fully saturated rings. The second-order valence-electron chi connectivity index (χ2n) is 8.07. The van der Waals surface area contributed by atoms with E-state index in [1.807, 2.05) is 36.1 Å². The van der Waals surface area contributed by atoms with Crippen LogP contribution in [0.3, 0.4) is 0 Å². The Morgan fingerprint density at radius 3 is 2.81 bits per heavy atom. The van der Waals surface area contributed by atoms with Crippen LogP contribution >= 0.6 is 0 Å². The summed E-state index contributed by atoms with van der Waals surface area (Å²) in [6.07, 6.45) is 6.18. The molecule has 0 bridgehead atoms. The van der Waals surface area contributed by atoms with E-state index in [0.717, 1.165) is 34.5 Å². The number of H-pyrrole nitrogens is 1. The van der Waals surface area contributed by atoms with Crippen LogP contribution in [0.25, 0.3) is 22.0 Å². The fraction of sp³-hybridized carbons (Fsp3) is 0.273. The smallest absolute Gasteiger partial charge is 0.243 e. The molecular formula is C22H22FN5O2S. The third-order valence-corrected chi connectivity index (χ3v) is 7.89. The van der Waals surface area contributed by atoms with Gasteiger partial charge in [0.05, 0.1) is 22.8 Å². The molecule has 0 unspecified atom stereocenters. The van der Waals surface area contributed by atoms with Crippen LogP contribution in [0.15, 0.2) is 66.0 Å². The Hall–Kier alpha value is -3.04. The van der Waals surface area contributed by atoms with Crippen molar-refractivity contribution >= 4 is 20.9 Å². The maximum Gasteiger partial charge on any atom is 0.243 e. The lowest BCUT2D eigenvalue weighted by molar-refractivity contribution is 0.396. The number of halogens is 1. The molecule has 1 aliphatic heterocycles. The molecule has 2 aromatic heterocycles. The van der Waals surface area contributed by atoms with Crippen molar-refractivity contribution in [2.24, 2.45) is 5.92 Å². The summed E-state index contributed by atoms with van der Waals surface area (Å²) in [6.45, 7) is 2.90. The van der Waals surface area contributed by atoms with Gasteiger partial charge >= 0.3 is 0 Å². The lowest BCUT2D eigenvalue weighted by Crippen LogP contribution is -2.34. The highest BCUT2D eigenvalue weighted by atomic mass is 32.2. The summed E-state index contributed by atoms with van der Waals surface area (Å²) in [5.41, 5.74) is 3.08. The Labute approximate surface area is 179 Å². The van der Waals surface area contributed by atoms with Crippen molar-refractivity contribution in [3.8, 4) is 11.1 Å². The van der Waals surface area contributed by atoms with E-state index >= 15 is 0 Å². The van der Waals surface area contributed by atoms with Gasteiger partial charge in [0.25, 0.3) is 0 Å². The zero-order valence-corrected chi connectivity index (χ0v) is 17.8. The minimum absolute atomic E-state index is 0.00341. The minimum Gasteiger partial charge on any atom is -0.285 e. The first-order valence-electron chi connectivity index (χ1n) is 10.1. The molecule has 9 heteroatoms. The number of aromatic amines is 1. The molecule has 1 saturated heterocycles. The van der Waals surface area contributed by atoms with Gasteiger partial charge in [0.1, 0.15) is 5.82 Å². The molecule has 31 heavy (non-hydrogen) atoms. The fourth-order valence-electron chi connectivity index (χ4n) is 4.40. The molecule has 2 atom stereocenters. The van der Waals surface area contributed by atoms with Gasteiger partial charge in [-0.25, -0.2) is 12.8 Å². The molecule has 1 N–H and O–H groups in total. The summed E-state index contributed by atoms with van der Waals surface area (Å²) < 4.78 is 43.1. The van der Waals surface area contributed by atoms with Gasteiger partial charge in [-0.3, -0.25) is 9.78 Å². The van der Waals surface area contributed by atoms with Crippen molar-refractivity contribution in [3.05, 3.63) is 66.9 Å². The van der Waals surface area contributed by atoms with Crippen LogP contribution in [0.4, 0.5) is 4.39 Å². The molecule has 0 saturated carbocycles. The number of fused-ring (bicyclic) bond motifs is 1. The molecule has 5 rings (SSSR count). The van der Waals surface area contributed by atoms with Gasteiger partial charge in [0.2, 0.25) is 10.0 Å². The number of hydrogen-bond acceptors (Lipinski definition) is 4. The number of rotatable bonds is 5. The van der Waals surface area contributed by atoms with Crippen molar-refractivity contribution < 1.29 is 12.8 Å². The zero-order valence-electron chi connectivity index (χ0n) is 16.9. The van der Waals surface area contributed by atoms with Gasteiger partial charge in [-0.05, 0) is 55.2 Å². The average molecular weight is 440 g/mol. The van der Waals surface area contributed by atoms with Crippen molar-refractivity contribution in [2.75, 3.05) is 6.54 Å². The molecule has 0 amide bonds. The van der Waals surface area contributed by atoms with Gasteiger partial charge in [-0.1, -0.05) is 12.1 Å². The van der Waals surface area contributed by atoms with Gasteiger partial charge in [-0.2, -0.15) is 14.5 Å². The van der Waals surface area contributed by atoms with Crippen LogP contribution in [0.5, 0.6) is 0 Å². The van der Waals surface area contributed by atoms with E-state index in [1.54, 1.807) is 6.20 Å². The molecule has 0 spiro atoms. The molecule has 7 nitrogen and oxygen atoms in total. The monoisotopic (exact) mass is 439 g/mol. The normalized spacial score (nSPS) is 19.9. The number of hydrogen-bond donors (Lipinski definition) is 1. The minimum atomic E-state index is -3.74. The van der Waals surface area contributed by atoms with Crippen molar-refractivity contribution in [1.29, 1.82) is 0 Å². The van der Waals surface area contributed by atoms with Gasteiger partial charge < -0.3 is 0 Å². The first-order chi connectivity index (χ1) is 14.9. The van der Waals surface area contributed by atoms with E-state index in [-0.39, 0.29) is 16.9 Å². The van der Waals surface area contributed by atoms with E-state index in [9.17, 15) is 12.8 Å². The zero-order chi connectivity index (χ0) is 21.6. The third-order valence-electron chi connectivity index (χ3n) is 5.91. The highest BCUT2D eigenvalue weighted by Crippen LogP contribution is 2.31. The Morgan fingerprint density at radius 1 is 1.16 bits per heavy atom. The molecule has 0 aliphatic carbocycles. The molecule has 0 radical (unpaired) electrons. The first kappa shape index (κ1) is 19.9. The largest absolute Gasteiger partial charge is 0.285 e. The quantitative estimate of drug-likeness (QED) is 0.514. The number of aromatic nitrogens is 4. The Kier molecular flexibility index (Phi) is 4.86. The van der Waals surface area contributed by atoms with E-state index in [1.165, 1.54) is 22.5 Å². The molecule has 160 valence electrons. The topological polar surface area (TPSA) is 83.9 Å². The van der Waals surface area contributed by atoms with Crippen LogP contribution in [0.1, 0.15) is 13.3 Å². The Balaban J connectivity index is 1.36. The molecule has 1 aliphatic rings. The average Bonchev–Trinajstić information content (AvgIpc) is 3.49. The standard InChI is InChI=1S/C22H22FN5O2S/c1-15-7-16(14-28(15)31(29,30)21-4-2-3-20(23)9-21)13-27-22-6-5-17(8-18(22)12-26-27)19-10-24-25-11-19/h2-6,8-12,15-16H,7,13-14H2,1H3,(H,24,25)/t15-,16+/m0/s1. The van der Waals surface area contributed by atoms with Gasteiger partial charge in [-0.15, -0.1) is 0 Å². The molecular weight excluding hydrogens is 417 g/mol. The van der Waals surface area contributed by atoms with Crippen LogP contribution < -0.4 is 0 Å². The van der Waals surface area contributed by atoms with Crippen LogP contribution in [0, 0.1) is 11.7 Å². The highest BCUT2D eigenvalue weighted by Gasteiger charge is 2.38. The van der Waals surface area contributed by atoms with Crippen LogP contribution in [-0.2, 0) is 16.6 Å². The second-order valence-corrected chi connectivity index (χ2v) is 9.96. The van der Waals surface area contributed by atoms with Crippen LogP contribution in [0.2, 0.25) is 0 Å². The SMILES string of the molecule is C[C@H]1C[C@H](Cn2ncc3cc(-c4cn[nH]c4)ccc32)CN1S(=O)(=O)c1cccc(F)c1. The predicted molar refractivity (Wildman–Crippen MR) is 115 cm³/mol. The van der Waals surface area contributed by atoms with Crippen LogP contribution in [-0.4, -0.2) is 45.3 Å². The highest BCUT2D eigenvalue weighted by molar-refractivity contribution is 7.89. The van der Waals surface area contributed by atoms with Crippen molar-refractivity contribution in [2.45, 2.75) is 30.8 Å². The summed E-state index contributed by atoms with van der Waals surface area (Å²) in [6, 6.07) is 11.2. The van der Waals surface area contributed by atoms with E-state index in [4.69, 9.17) is 0 Å². The lowest BCUT2D eigenvalue weighted by Gasteiger charge is -2.21. The number of nitrogens with one attached hydrogen (secondary N) is 1. The summed E-state index contributed by atoms with van der Waals surface area (Å²) in [7, 11) is -3.74. The summed E-state index contributed by atoms with van der Waals surface area (Å²) in [4.78, 5) is -0.00341. The maximum atomic E-state index is 13.6. The molecule has 2 aromatic carbocycles. The lowest BCUT2D eigenvalue weighted by atomic mass is 10.1. The van der Waals surface area contributed by atoms with Gasteiger partial charge in [0.15, 0.2) is 0 Å². The van der Waals surface area contributed by atoms with E-state index in [2.05, 4.69) is 21.4 Å². The van der Waals surface area contributed by atoms with Crippen molar-refractivity contribution in [3.63, 3.8) is 0 Å². The predicted octanol–water partition coefficient (Wildman–Crippen LogP) is 3.66. The number of sulfonamides is 1. The molecule has 3 heterocycles. The summed E-state index contributed by atoms with van der Waals surface area (Å²) in [5, 5.41) is 12.4.